The minimum Gasteiger partial charge on any atom is -0.474 e. The fraction of sp³-hybridized carbons (Fsp3) is 0.600. The average Bonchev–Trinajstić information content (AvgIpc) is 2.18. The van der Waals surface area contributed by atoms with E-state index in [4.69, 9.17) is 10.5 Å². The Balaban J connectivity index is 2.50. The Morgan fingerprint density at radius 2 is 2.27 bits per heavy atom. The molecule has 3 N–H and O–H groups in total. The maximum atomic E-state index is 5.42. The van der Waals surface area contributed by atoms with E-state index in [2.05, 4.69) is 15.3 Å². The highest BCUT2D eigenvalue weighted by atomic mass is 16.5. The van der Waals surface area contributed by atoms with Crippen LogP contribution in [0.25, 0.3) is 0 Å². The second-order valence-electron chi connectivity index (χ2n) is 3.48. The number of hydrogen-bond donors (Lipinski definition) is 2. The SMILES string of the molecule is CC(C)Oc1cncc(NCCCN)n1. The molecule has 5 heteroatoms. The highest BCUT2D eigenvalue weighted by Crippen LogP contribution is 2.10. The fourth-order valence-electron chi connectivity index (χ4n) is 1.05. The van der Waals surface area contributed by atoms with Crippen LogP contribution in [0.2, 0.25) is 0 Å². The molecule has 0 aromatic carbocycles. The third kappa shape index (κ3) is 4.60. The molecule has 15 heavy (non-hydrogen) atoms. The highest BCUT2D eigenvalue weighted by Gasteiger charge is 2.01. The molecule has 5 nitrogen and oxygen atoms in total. The molecule has 0 unspecified atom stereocenters. The molecule has 0 atom stereocenters. The molecule has 0 saturated heterocycles. The first-order valence-electron chi connectivity index (χ1n) is 5.15. The van der Waals surface area contributed by atoms with Crippen LogP contribution < -0.4 is 15.8 Å². The van der Waals surface area contributed by atoms with Crippen LogP contribution in [-0.2, 0) is 0 Å². The van der Waals surface area contributed by atoms with Crippen LogP contribution in [-0.4, -0.2) is 29.2 Å². The maximum absolute atomic E-state index is 5.42. The van der Waals surface area contributed by atoms with E-state index in [9.17, 15) is 0 Å². The minimum absolute atomic E-state index is 0.110. The topological polar surface area (TPSA) is 73.1 Å². The lowest BCUT2D eigenvalue weighted by atomic mass is 10.4. The summed E-state index contributed by atoms with van der Waals surface area (Å²) in [6, 6.07) is 0. The summed E-state index contributed by atoms with van der Waals surface area (Å²) < 4.78 is 5.42. The number of rotatable bonds is 6. The fourth-order valence-corrected chi connectivity index (χ4v) is 1.05. The zero-order valence-electron chi connectivity index (χ0n) is 9.23. The molecule has 84 valence electrons. The van der Waals surface area contributed by atoms with Crippen LogP contribution >= 0.6 is 0 Å². The number of nitrogens with zero attached hydrogens (tertiary/aromatic N) is 2. The van der Waals surface area contributed by atoms with Gasteiger partial charge in [0.1, 0.15) is 5.82 Å². The van der Waals surface area contributed by atoms with E-state index in [0.29, 0.717) is 12.4 Å². The first-order valence-corrected chi connectivity index (χ1v) is 5.15. The maximum Gasteiger partial charge on any atom is 0.234 e. The van der Waals surface area contributed by atoms with E-state index in [1.54, 1.807) is 12.4 Å². The second kappa shape index (κ2) is 6.19. The number of ether oxygens (including phenoxy) is 1. The largest absolute Gasteiger partial charge is 0.474 e. The van der Waals surface area contributed by atoms with E-state index in [-0.39, 0.29) is 6.10 Å². The molecule has 1 aromatic heterocycles. The third-order valence-electron chi connectivity index (χ3n) is 1.66. The second-order valence-corrected chi connectivity index (χ2v) is 3.48. The monoisotopic (exact) mass is 210 g/mol. The number of nitrogens with one attached hydrogen (secondary N) is 1. The Morgan fingerprint density at radius 3 is 2.93 bits per heavy atom. The molecule has 0 aliphatic rings. The molecule has 0 fully saturated rings. The van der Waals surface area contributed by atoms with Crippen LogP contribution in [0.4, 0.5) is 5.82 Å². The van der Waals surface area contributed by atoms with Gasteiger partial charge < -0.3 is 15.8 Å². The first kappa shape index (κ1) is 11.7. The normalized spacial score (nSPS) is 10.4. The van der Waals surface area contributed by atoms with Crippen LogP contribution in [0.1, 0.15) is 20.3 Å². The zero-order valence-corrected chi connectivity index (χ0v) is 9.23. The Morgan fingerprint density at radius 1 is 1.47 bits per heavy atom. The van der Waals surface area contributed by atoms with Gasteiger partial charge in [0.25, 0.3) is 0 Å². The Bertz CT molecular complexity index is 291. The van der Waals surface area contributed by atoms with Gasteiger partial charge in [-0.25, -0.2) is 0 Å². The van der Waals surface area contributed by atoms with Gasteiger partial charge in [-0.15, -0.1) is 0 Å². The van der Waals surface area contributed by atoms with Crippen molar-refractivity contribution in [1.82, 2.24) is 9.97 Å². The van der Waals surface area contributed by atoms with Crippen molar-refractivity contribution in [2.45, 2.75) is 26.4 Å². The molecule has 1 rings (SSSR count). The minimum atomic E-state index is 0.110. The molecule has 0 radical (unpaired) electrons. The number of anilines is 1. The first-order chi connectivity index (χ1) is 7.22. The van der Waals surface area contributed by atoms with Crippen molar-refractivity contribution in [3.63, 3.8) is 0 Å². The van der Waals surface area contributed by atoms with Crippen molar-refractivity contribution in [2.75, 3.05) is 18.4 Å². The van der Waals surface area contributed by atoms with E-state index in [1.165, 1.54) is 0 Å². The lowest BCUT2D eigenvalue weighted by molar-refractivity contribution is 0.232. The van der Waals surface area contributed by atoms with Gasteiger partial charge in [0.2, 0.25) is 5.88 Å². The number of hydrogen-bond acceptors (Lipinski definition) is 5. The van der Waals surface area contributed by atoms with Gasteiger partial charge in [-0.3, -0.25) is 4.98 Å². The number of aromatic nitrogens is 2. The summed E-state index contributed by atoms with van der Waals surface area (Å²) in [5.41, 5.74) is 5.39. The van der Waals surface area contributed by atoms with Gasteiger partial charge in [0.05, 0.1) is 18.5 Å². The molecule has 0 aliphatic carbocycles. The van der Waals surface area contributed by atoms with E-state index in [0.717, 1.165) is 18.8 Å². The summed E-state index contributed by atoms with van der Waals surface area (Å²) in [4.78, 5) is 8.28. The molecule has 0 amide bonds. The molecular weight excluding hydrogens is 192 g/mol. The highest BCUT2D eigenvalue weighted by molar-refractivity contribution is 5.32. The van der Waals surface area contributed by atoms with Crippen molar-refractivity contribution in [3.8, 4) is 5.88 Å². The summed E-state index contributed by atoms with van der Waals surface area (Å²) in [6.07, 6.45) is 4.30. The van der Waals surface area contributed by atoms with Gasteiger partial charge in [-0.05, 0) is 26.8 Å². The zero-order chi connectivity index (χ0) is 11.1. The Kier molecular flexibility index (Phi) is 4.83. The summed E-state index contributed by atoms with van der Waals surface area (Å²) >= 11 is 0. The van der Waals surface area contributed by atoms with Gasteiger partial charge >= 0.3 is 0 Å². The van der Waals surface area contributed by atoms with Gasteiger partial charge in [0, 0.05) is 6.54 Å². The lowest BCUT2D eigenvalue weighted by Gasteiger charge is -2.09. The van der Waals surface area contributed by atoms with Crippen molar-refractivity contribution in [1.29, 1.82) is 0 Å². The Hall–Kier alpha value is -1.36. The van der Waals surface area contributed by atoms with Crippen LogP contribution in [0, 0.1) is 0 Å². The molecule has 0 saturated carbocycles. The van der Waals surface area contributed by atoms with E-state index in [1.807, 2.05) is 13.8 Å². The smallest absolute Gasteiger partial charge is 0.234 e. The summed E-state index contributed by atoms with van der Waals surface area (Å²) in [7, 11) is 0. The van der Waals surface area contributed by atoms with Crippen LogP contribution in [0.3, 0.4) is 0 Å². The van der Waals surface area contributed by atoms with Crippen molar-refractivity contribution in [2.24, 2.45) is 5.73 Å². The predicted molar refractivity (Wildman–Crippen MR) is 60.0 cm³/mol. The molecule has 1 aromatic rings. The molecule has 0 bridgehead atoms. The van der Waals surface area contributed by atoms with Gasteiger partial charge in [0.15, 0.2) is 0 Å². The standard InChI is InChI=1S/C10H18N4O/c1-8(2)15-10-7-12-6-9(14-10)13-5-3-4-11/h6-8H,3-5,11H2,1-2H3,(H,13,14). The summed E-state index contributed by atoms with van der Waals surface area (Å²) in [5.74, 6) is 1.27. The molecular formula is C10H18N4O. The van der Waals surface area contributed by atoms with E-state index >= 15 is 0 Å². The summed E-state index contributed by atoms with van der Waals surface area (Å²) in [6.45, 7) is 5.38. The quantitative estimate of drug-likeness (QED) is 0.686. The van der Waals surface area contributed by atoms with Crippen molar-refractivity contribution >= 4 is 5.82 Å². The van der Waals surface area contributed by atoms with Gasteiger partial charge in [-0.2, -0.15) is 4.98 Å². The van der Waals surface area contributed by atoms with Crippen molar-refractivity contribution in [3.05, 3.63) is 12.4 Å². The number of nitrogens with two attached hydrogens (primary N) is 1. The third-order valence-corrected chi connectivity index (χ3v) is 1.66. The predicted octanol–water partition coefficient (Wildman–Crippen LogP) is 1.02. The summed E-state index contributed by atoms with van der Waals surface area (Å²) in [5, 5.41) is 3.13. The molecule has 0 spiro atoms. The average molecular weight is 210 g/mol. The molecule has 0 aliphatic heterocycles. The van der Waals surface area contributed by atoms with Gasteiger partial charge in [-0.1, -0.05) is 0 Å². The van der Waals surface area contributed by atoms with E-state index < -0.39 is 0 Å². The molecule has 1 heterocycles. The Labute approximate surface area is 90.1 Å². The van der Waals surface area contributed by atoms with Crippen LogP contribution in [0.5, 0.6) is 5.88 Å². The van der Waals surface area contributed by atoms with Crippen LogP contribution in [0.15, 0.2) is 12.4 Å². The lowest BCUT2D eigenvalue weighted by Crippen LogP contribution is -2.11. The van der Waals surface area contributed by atoms with Crippen molar-refractivity contribution < 1.29 is 4.74 Å².